The van der Waals surface area contributed by atoms with Gasteiger partial charge in [0.15, 0.2) is 0 Å². The highest BCUT2D eigenvalue weighted by Crippen LogP contribution is 2.35. The topological polar surface area (TPSA) is 52.6 Å². The first kappa shape index (κ1) is 21.5. The van der Waals surface area contributed by atoms with Crippen LogP contribution in [0.15, 0.2) is 53.0 Å². The number of amides is 1. The number of hydrogen-bond donors (Lipinski definition) is 2. The maximum atomic E-state index is 12.6. The molecule has 0 radical (unpaired) electrons. The molecule has 2 rings (SSSR count). The van der Waals surface area contributed by atoms with Gasteiger partial charge < -0.3 is 15.3 Å². The van der Waals surface area contributed by atoms with E-state index in [9.17, 15) is 9.90 Å². The number of nitrogens with zero attached hydrogens (tertiary/aromatic N) is 1. The van der Waals surface area contributed by atoms with Crippen LogP contribution in [0.4, 0.5) is 0 Å². The molecule has 0 saturated heterocycles. The van der Waals surface area contributed by atoms with Crippen molar-refractivity contribution in [2.75, 3.05) is 26.2 Å². The molecule has 0 aliphatic rings. The van der Waals surface area contributed by atoms with E-state index in [1.54, 1.807) is 12.1 Å². The minimum Gasteiger partial charge on any atom is -0.508 e. The van der Waals surface area contributed by atoms with Crippen molar-refractivity contribution in [2.24, 2.45) is 0 Å². The van der Waals surface area contributed by atoms with Gasteiger partial charge in [-0.1, -0.05) is 60.1 Å². The van der Waals surface area contributed by atoms with E-state index in [0.29, 0.717) is 13.0 Å². The van der Waals surface area contributed by atoms with Crippen molar-refractivity contribution in [1.82, 2.24) is 10.2 Å². The zero-order chi connectivity index (χ0) is 19.6. The molecule has 27 heavy (non-hydrogen) atoms. The van der Waals surface area contributed by atoms with Crippen molar-refractivity contribution in [1.29, 1.82) is 0 Å². The Balaban J connectivity index is 2.05. The van der Waals surface area contributed by atoms with Gasteiger partial charge in [0.25, 0.3) is 0 Å². The van der Waals surface area contributed by atoms with Crippen molar-refractivity contribution >= 4 is 21.8 Å². The van der Waals surface area contributed by atoms with Crippen molar-refractivity contribution < 1.29 is 9.90 Å². The second-order valence-electron chi connectivity index (χ2n) is 6.60. The lowest BCUT2D eigenvalue weighted by molar-refractivity contribution is -0.121. The monoisotopic (exact) mass is 432 g/mol. The van der Waals surface area contributed by atoms with Crippen LogP contribution in [0.2, 0.25) is 0 Å². The highest BCUT2D eigenvalue weighted by Gasteiger charge is 2.21. The van der Waals surface area contributed by atoms with Crippen molar-refractivity contribution in [3.05, 3.63) is 64.1 Å². The number of phenolic OH excluding ortho intramolecular Hbond substituents is 1. The third kappa shape index (κ3) is 6.67. The average Bonchev–Trinajstić information content (AvgIpc) is 2.69. The standard InChI is InChI=1S/C22H29BrN2O2/c1-3-25(4-2)14-8-13-24-22(27)16-19(17-9-6-5-7-10-17)20-15-18(23)11-12-21(20)26/h5-7,9-12,15,19,26H,3-4,8,13-14,16H2,1-2H3,(H,24,27). The molecule has 4 nitrogen and oxygen atoms in total. The molecular formula is C22H29BrN2O2. The highest BCUT2D eigenvalue weighted by atomic mass is 79.9. The van der Waals surface area contributed by atoms with Crippen LogP contribution in [-0.4, -0.2) is 42.1 Å². The number of hydrogen-bond acceptors (Lipinski definition) is 3. The summed E-state index contributed by atoms with van der Waals surface area (Å²) in [4.78, 5) is 14.9. The van der Waals surface area contributed by atoms with E-state index >= 15 is 0 Å². The fraction of sp³-hybridized carbons (Fsp3) is 0.409. The number of phenols is 1. The molecule has 0 aliphatic carbocycles. The molecule has 2 aromatic rings. The van der Waals surface area contributed by atoms with Gasteiger partial charge in [0.1, 0.15) is 5.75 Å². The lowest BCUT2D eigenvalue weighted by Gasteiger charge is -2.20. The smallest absolute Gasteiger partial charge is 0.220 e. The third-order valence-electron chi connectivity index (χ3n) is 4.82. The molecular weight excluding hydrogens is 404 g/mol. The van der Waals surface area contributed by atoms with Gasteiger partial charge >= 0.3 is 0 Å². The predicted molar refractivity (Wildman–Crippen MR) is 114 cm³/mol. The summed E-state index contributed by atoms with van der Waals surface area (Å²) in [5.74, 6) is 0.0237. The molecule has 1 unspecified atom stereocenters. The zero-order valence-corrected chi connectivity index (χ0v) is 17.7. The van der Waals surface area contributed by atoms with Gasteiger partial charge in [-0.3, -0.25) is 4.79 Å². The minimum absolute atomic E-state index is 0.00257. The van der Waals surface area contributed by atoms with Crippen LogP contribution < -0.4 is 5.32 Å². The summed E-state index contributed by atoms with van der Waals surface area (Å²) in [5, 5.41) is 13.4. The summed E-state index contributed by atoms with van der Waals surface area (Å²) in [6.45, 7) is 8.02. The van der Waals surface area contributed by atoms with E-state index in [4.69, 9.17) is 0 Å². The van der Waals surface area contributed by atoms with Crippen LogP contribution in [0.3, 0.4) is 0 Å². The average molecular weight is 433 g/mol. The lowest BCUT2D eigenvalue weighted by Crippen LogP contribution is -2.30. The molecule has 0 aromatic heterocycles. The number of benzene rings is 2. The molecule has 2 aromatic carbocycles. The fourth-order valence-corrected chi connectivity index (χ4v) is 3.60. The molecule has 1 amide bonds. The molecule has 0 aliphatic heterocycles. The first-order valence-electron chi connectivity index (χ1n) is 9.57. The number of rotatable bonds is 10. The number of nitrogens with one attached hydrogen (secondary N) is 1. The fourth-order valence-electron chi connectivity index (χ4n) is 3.23. The van der Waals surface area contributed by atoms with Crippen LogP contribution in [-0.2, 0) is 4.79 Å². The molecule has 0 saturated carbocycles. The maximum absolute atomic E-state index is 12.6. The van der Waals surface area contributed by atoms with E-state index in [2.05, 4.69) is 40.0 Å². The molecule has 0 heterocycles. The van der Waals surface area contributed by atoms with Gasteiger partial charge in [-0.25, -0.2) is 0 Å². The van der Waals surface area contributed by atoms with Crippen molar-refractivity contribution in [3.8, 4) is 5.75 Å². The molecule has 5 heteroatoms. The Kier molecular flexibility index (Phi) is 8.82. The van der Waals surface area contributed by atoms with Crippen LogP contribution >= 0.6 is 15.9 Å². The Morgan fingerprint density at radius 2 is 1.85 bits per heavy atom. The number of carbonyl (C=O) groups is 1. The minimum atomic E-state index is -0.188. The van der Waals surface area contributed by atoms with Gasteiger partial charge in [0.05, 0.1) is 0 Å². The quantitative estimate of drug-likeness (QED) is 0.542. The normalized spacial score (nSPS) is 12.1. The van der Waals surface area contributed by atoms with E-state index < -0.39 is 0 Å². The van der Waals surface area contributed by atoms with Gasteiger partial charge in [-0.05, 0) is 49.8 Å². The summed E-state index contributed by atoms with van der Waals surface area (Å²) >= 11 is 3.47. The Hall–Kier alpha value is -1.85. The summed E-state index contributed by atoms with van der Waals surface area (Å²) < 4.78 is 0.885. The van der Waals surface area contributed by atoms with Crippen molar-refractivity contribution in [3.63, 3.8) is 0 Å². The highest BCUT2D eigenvalue weighted by molar-refractivity contribution is 9.10. The van der Waals surface area contributed by atoms with E-state index in [0.717, 1.165) is 41.7 Å². The van der Waals surface area contributed by atoms with Crippen LogP contribution in [0.25, 0.3) is 0 Å². The Labute approximate surface area is 170 Å². The number of carbonyl (C=O) groups excluding carboxylic acids is 1. The van der Waals surface area contributed by atoms with Crippen molar-refractivity contribution in [2.45, 2.75) is 32.6 Å². The van der Waals surface area contributed by atoms with E-state index in [1.165, 1.54) is 0 Å². The maximum Gasteiger partial charge on any atom is 0.220 e. The summed E-state index contributed by atoms with van der Waals surface area (Å²) in [6, 6.07) is 15.2. The van der Waals surface area contributed by atoms with Gasteiger partial charge in [-0.2, -0.15) is 0 Å². The molecule has 2 N–H and O–H groups in total. The van der Waals surface area contributed by atoms with Crippen LogP contribution in [0, 0.1) is 0 Å². The Morgan fingerprint density at radius 3 is 2.52 bits per heavy atom. The molecule has 0 spiro atoms. The SMILES string of the molecule is CCN(CC)CCCNC(=O)CC(c1ccccc1)c1cc(Br)ccc1O. The molecule has 0 bridgehead atoms. The molecule has 146 valence electrons. The van der Waals surface area contributed by atoms with Gasteiger partial charge in [0.2, 0.25) is 5.91 Å². The van der Waals surface area contributed by atoms with Crippen LogP contribution in [0.5, 0.6) is 5.75 Å². The zero-order valence-electron chi connectivity index (χ0n) is 16.1. The van der Waals surface area contributed by atoms with Crippen LogP contribution in [0.1, 0.15) is 43.7 Å². The number of aromatic hydroxyl groups is 1. The first-order chi connectivity index (χ1) is 13.0. The third-order valence-corrected chi connectivity index (χ3v) is 5.32. The van der Waals surface area contributed by atoms with E-state index in [-0.39, 0.29) is 17.6 Å². The lowest BCUT2D eigenvalue weighted by atomic mass is 9.87. The van der Waals surface area contributed by atoms with Gasteiger partial charge in [0, 0.05) is 28.9 Å². The second kappa shape index (κ2) is 11.1. The first-order valence-corrected chi connectivity index (χ1v) is 10.4. The van der Waals surface area contributed by atoms with Gasteiger partial charge in [-0.15, -0.1) is 0 Å². The predicted octanol–water partition coefficient (Wildman–Crippen LogP) is 4.52. The Morgan fingerprint density at radius 1 is 1.15 bits per heavy atom. The number of halogens is 1. The molecule has 1 atom stereocenters. The largest absolute Gasteiger partial charge is 0.508 e. The summed E-state index contributed by atoms with van der Waals surface area (Å²) in [7, 11) is 0. The second-order valence-corrected chi connectivity index (χ2v) is 7.52. The van der Waals surface area contributed by atoms with E-state index in [1.807, 2.05) is 36.4 Å². The summed E-state index contributed by atoms with van der Waals surface area (Å²) in [6.07, 6.45) is 1.24. The molecule has 0 fully saturated rings. The Bertz CT molecular complexity index is 718. The summed E-state index contributed by atoms with van der Waals surface area (Å²) in [5.41, 5.74) is 1.78.